The normalized spacial score (nSPS) is 11.6. The summed E-state index contributed by atoms with van der Waals surface area (Å²) in [5.74, 6) is -0.0114. The van der Waals surface area contributed by atoms with Crippen LogP contribution in [0.15, 0.2) is 24.3 Å². The molecule has 0 bridgehead atoms. The van der Waals surface area contributed by atoms with E-state index in [0.29, 0.717) is 22.5 Å². The van der Waals surface area contributed by atoms with Gasteiger partial charge < -0.3 is 4.90 Å². The molecule has 1 aromatic rings. The molecule has 0 aliphatic carbocycles. The molecule has 0 heterocycles. The minimum atomic E-state index is -0.0114. The Bertz CT molecular complexity index is 420. The van der Waals surface area contributed by atoms with Crippen LogP contribution < -0.4 is 0 Å². The van der Waals surface area contributed by atoms with E-state index in [1.54, 1.807) is 36.2 Å². The van der Waals surface area contributed by atoms with E-state index < -0.39 is 0 Å². The van der Waals surface area contributed by atoms with Gasteiger partial charge in [0.1, 0.15) is 0 Å². The lowest BCUT2D eigenvalue weighted by Crippen LogP contribution is -2.28. The summed E-state index contributed by atoms with van der Waals surface area (Å²) >= 11 is 3.45. The first-order valence-electron chi connectivity index (χ1n) is 5.44. The summed E-state index contributed by atoms with van der Waals surface area (Å²) < 4.78 is 0. The second-order valence-electron chi connectivity index (χ2n) is 3.99. The Labute approximate surface area is 110 Å². The molecular weight excluding hydrogens is 280 g/mol. The van der Waals surface area contributed by atoms with Crippen molar-refractivity contribution < 1.29 is 4.79 Å². The average molecular weight is 295 g/mol. The van der Waals surface area contributed by atoms with Crippen molar-refractivity contribution in [3.05, 3.63) is 35.4 Å². The highest BCUT2D eigenvalue weighted by Gasteiger charge is 2.11. The summed E-state index contributed by atoms with van der Waals surface area (Å²) in [6.45, 7) is 2.77. The van der Waals surface area contributed by atoms with Gasteiger partial charge in [-0.2, -0.15) is 5.26 Å². The second-order valence-corrected chi connectivity index (χ2v) is 5.55. The molecule has 0 aliphatic rings. The van der Waals surface area contributed by atoms with Crippen LogP contribution in [0, 0.1) is 11.3 Å². The lowest BCUT2D eigenvalue weighted by molar-refractivity contribution is 0.0794. The number of halogens is 1. The predicted octanol–water partition coefficient (Wildman–Crippen LogP) is 2.80. The molecule has 0 saturated carbocycles. The Kier molecular flexibility index (Phi) is 5.17. The molecule has 0 aliphatic heterocycles. The average Bonchev–Trinajstić information content (AvgIpc) is 2.35. The number of nitriles is 1. The van der Waals surface area contributed by atoms with Gasteiger partial charge in [0.05, 0.1) is 11.6 Å². The zero-order chi connectivity index (χ0) is 12.8. The summed E-state index contributed by atoms with van der Waals surface area (Å²) in [6, 6.07) is 8.73. The van der Waals surface area contributed by atoms with Gasteiger partial charge in [-0.05, 0) is 30.7 Å². The van der Waals surface area contributed by atoms with Crippen molar-refractivity contribution in [3.63, 3.8) is 0 Å². The molecule has 0 aromatic heterocycles. The fourth-order valence-corrected chi connectivity index (χ4v) is 1.59. The predicted molar refractivity (Wildman–Crippen MR) is 71.1 cm³/mol. The molecule has 1 rings (SSSR count). The van der Waals surface area contributed by atoms with Crippen LogP contribution in [0.5, 0.6) is 0 Å². The van der Waals surface area contributed by atoms with Gasteiger partial charge >= 0.3 is 0 Å². The summed E-state index contributed by atoms with van der Waals surface area (Å²) in [5.41, 5.74) is 1.19. The zero-order valence-electron chi connectivity index (χ0n) is 9.98. The molecular formula is C13H15BrN2O. The van der Waals surface area contributed by atoms with E-state index in [9.17, 15) is 4.79 Å². The van der Waals surface area contributed by atoms with E-state index in [4.69, 9.17) is 5.26 Å². The molecule has 1 unspecified atom stereocenters. The van der Waals surface area contributed by atoms with Gasteiger partial charge in [0.25, 0.3) is 5.91 Å². The van der Waals surface area contributed by atoms with E-state index in [0.717, 1.165) is 6.42 Å². The Morgan fingerprint density at radius 1 is 1.47 bits per heavy atom. The number of benzene rings is 1. The van der Waals surface area contributed by atoms with Crippen LogP contribution >= 0.6 is 15.9 Å². The third-order valence-corrected chi connectivity index (χ3v) is 2.93. The maximum absolute atomic E-state index is 12.0. The Balaban J connectivity index is 2.65. The van der Waals surface area contributed by atoms with Crippen LogP contribution in [0.1, 0.15) is 29.3 Å². The van der Waals surface area contributed by atoms with E-state index in [1.807, 2.05) is 6.07 Å². The first-order chi connectivity index (χ1) is 8.04. The van der Waals surface area contributed by atoms with Crippen molar-refractivity contribution in [1.29, 1.82) is 5.26 Å². The molecule has 3 nitrogen and oxygen atoms in total. The van der Waals surface area contributed by atoms with Crippen molar-refractivity contribution in [1.82, 2.24) is 4.90 Å². The van der Waals surface area contributed by atoms with Gasteiger partial charge in [-0.3, -0.25) is 4.79 Å². The van der Waals surface area contributed by atoms with Crippen LogP contribution in [0.3, 0.4) is 0 Å². The Morgan fingerprint density at radius 2 is 2.06 bits per heavy atom. The molecule has 17 heavy (non-hydrogen) atoms. The number of amides is 1. The highest BCUT2D eigenvalue weighted by Crippen LogP contribution is 2.09. The number of carbonyl (C=O) groups is 1. The molecule has 0 spiro atoms. The maximum atomic E-state index is 12.0. The third kappa shape index (κ3) is 4.20. The monoisotopic (exact) mass is 294 g/mol. The number of alkyl halides is 1. The minimum Gasteiger partial charge on any atom is -0.342 e. The van der Waals surface area contributed by atoms with Gasteiger partial charge in [-0.25, -0.2) is 0 Å². The Hall–Kier alpha value is -1.34. The van der Waals surface area contributed by atoms with Gasteiger partial charge in [-0.15, -0.1) is 0 Å². The molecule has 4 heteroatoms. The van der Waals surface area contributed by atoms with E-state index in [2.05, 4.69) is 22.9 Å². The molecule has 1 amide bonds. The molecule has 0 fully saturated rings. The third-order valence-electron chi connectivity index (χ3n) is 2.47. The van der Waals surface area contributed by atoms with Crippen molar-refractivity contribution in [2.75, 3.05) is 13.6 Å². The molecule has 1 aromatic carbocycles. The standard InChI is InChI=1S/C13H15BrN2O/c1-10(14)7-8-16(2)13(17)12-5-3-11(9-15)4-6-12/h3-6,10H,7-8H2,1-2H3. The van der Waals surface area contributed by atoms with Crippen LogP contribution in [0.4, 0.5) is 0 Å². The second kappa shape index (κ2) is 6.41. The van der Waals surface area contributed by atoms with Gasteiger partial charge in [0.2, 0.25) is 0 Å². The Morgan fingerprint density at radius 3 is 2.53 bits per heavy atom. The minimum absolute atomic E-state index is 0.0114. The molecule has 0 radical (unpaired) electrons. The maximum Gasteiger partial charge on any atom is 0.253 e. The van der Waals surface area contributed by atoms with Crippen LogP contribution in [0.2, 0.25) is 0 Å². The van der Waals surface area contributed by atoms with Gasteiger partial charge in [0.15, 0.2) is 0 Å². The smallest absolute Gasteiger partial charge is 0.253 e. The van der Waals surface area contributed by atoms with Crippen LogP contribution in [-0.4, -0.2) is 29.2 Å². The fourth-order valence-electron chi connectivity index (χ4n) is 1.38. The lowest BCUT2D eigenvalue weighted by Gasteiger charge is -2.17. The molecule has 90 valence electrons. The van der Waals surface area contributed by atoms with Crippen molar-refractivity contribution in [2.24, 2.45) is 0 Å². The molecule has 0 N–H and O–H groups in total. The van der Waals surface area contributed by atoms with Crippen LogP contribution in [-0.2, 0) is 0 Å². The zero-order valence-corrected chi connectivity index (χ0v) is 11.6. The SMILES string of the molecule is CC(Br)CCN(C)C(=O)c1ccc(C#N)cc1. The lowest BCUT2D eigenvalue weighted by atomic mass is 10.1. The first-order valence-corrected chi connectivity index (χ1v) is 6.36. The summed E-state index contributed by atoms with van der Waals surface area (Å²) in [5, 5.41) is 8.67. The summed E-state index contributed by atoms with van der Waals surface area (Å²) in [6.07, 6.45) is 0.915. The quantitative estimate of drug-likeness (QED) is 0.802. The van der Waals surface area contributed by atoms with Gasteiger partial charge in [0, 0.05) is 24.0 Å². The first kappa shape index (κ1) is 13.7. The van der Waals surface area contributed by atoms with E-state index in [1.165, 1.54) is 0 Å². The number of carbonyl (C=O) groups excluding carboxylic acids is 1. The number of hydrogen-bond acceptors (Lipinski definition) is 2. The van der Waals surface area contributed by atoms with Gasteiger partial charge in [-0.1, -0.05) is 22.9 Å². The van der Waals surface area contributed by atoms with Crippen LogP contribution in [0.25, 0.3) is 0 Å². The molecule has 0 saturated heterocycles. The van der Waals surface area contributed by atoms with Crippen molar-refractivity contribution >= 4 is 21.8 Å². The fraction of sp³-hybridized carbons (Fsp3) is 0.385. The summed E-state index contributed by atoms with van der Waals surface area (Å²) in [4.78, 5) is 14.1. The highest BCUT2D eigenvalue weighted by atomic mass is 79.9. The van der Waals surface area contributed by atoms with Crippen molar-refractivity contribution in [2.45, 2.75) is 18.2 Å². The molecule has 1 atom stereocenters. The van der Waals surface area contributed by atoms with Crippen molar-refractivity contribution in [3.8, 4) is 6.07 Å². The number of hydrogen-bond donors (Lipinski definition) is 0. The largest absolute Gasteiger partial charge is 0.342 e. The number of rotatable bonds is 4. The van der Waals surface area contributed by atoms with E-state index in [-0.39, 0.29) is 5.91 Å². The van der Waals surface area contributed by atoms with E-state index >= 15 is 0 Å². The highest BCUT2D eigenvalue weighted by molar-refractivity contribution is 9.09. The number of nitrogens with zero attached hydrogens (tertiary/aromatic N) is 2. The topological polar surface area (TPSA) is 44.1 Å². The summed E-state index contributed by atoms with van der Waals surface area (Å²) in [7, 11) is 1.79.